The Bertz CT molecular complexity index is 900. The van der Waals surface area contributed by atoms with Crippen LogP contribution in [0.15, 0.2) is 52.0 Å². The normalized spacial score (nSPS) is 18.5. The van der Waals surface area contributed by atoms with Gasteiger partial charge in [-0.2, -0.15) is 4.31 Å². The number of hydrogen-bond donors (Lipinski definition) is 1. The minimum absolute atomic E-state index is 0.189. The van der Waals surface area contributed by atoms with Crippen LogP contribution in [-0.4, -0.2) is 36.2 Å². The van der Waals surface area contributed by atoms with E-state index in [0.29, 0.717) is 18.8 Å². The summed E-state index contributed by atoms with van der Waals surface area (Å²) in [5, 5.41) is 2.75. The Morgan fingerprint density at radius 3 is 2.65 bits per heavy atom. The van der Waals surface area contributed by atoms with Crippen LogP contribution < -0.4 is 5.32 Å². The Morgan fingerprint density at radius 2 is 1.96 bits per heavy atom. The summed E-state index contributed by atoms with van der Waals surface area (Å²) in [7, 11) is -3.74. The monoisotopic (exact) mass is 437 g/mol. The summed E-state index contributed by atoms with van der Waals surface area (Å²) in [4.78, 5) is 17.1. The van der Waals surface area contributed by atoms with Crippen LogP contribution in [0.5, 0.6) is 0 Å². The number of carbonyl (C=O) groups is 1. The lowest BCUT2D eigenvalue weighted by molar-refractivity contribution is -0.120. The molecule has 0 bridgehead atoms. The SMILES string of the molecule is Cc1ccnc(NC(=O)C2CCCCN2S(=O)(=O)c2ccc(Br)cc2)c1. The third-order valence-electron chi connectivity index (χ3n) is 4.34. The molecule has 1 atom stereocenters. The lowest BCUT2D eigenvalue weighted by Gasteiger charge is -2.33. The van der Waals surface area contributed by atoms with Crippen LogP contribution in [0.3, 0.4) is 0 Å². The zero-order valence-electron chi connectivity index (χ0n) is 14.4. The van der Waals surface area contributed by atoms with Gasteiger partial charge in [-0.3, -0.25) is 4.79 Å². The number of nitrogens with one attached hydrogen (secondary N) is 1. The summed E-state index contributed by atoms with van der Waals surface area (Å²) < 4.78 is 28.2. The van der Waals surface area contributed by atoms with E-state index in [-0.39, 0.29) is 10.8 Å². The molecular formula is C18H20BrN3O3S. The molecule has 6 nitrogen and oxygen atoms in total. The van der Waals surface area contributed by atoms with Gasteiger partial charge in [0.25, 0.3) is 0 Å². The second-order valence-corrected chi connectivity index (χ2v) is 9.10. The highest BCUT2D eigenvalue weighted by molar-refractivity contribution is 9.10. The number of aromatic nitrogens is 1. The number of pyridine rings is 1. The van der Waals surface area contributed by atoms with Crippen LogP contribution >= 0.6 is 15.9 Å². The number of anilines is 1. The Morgan fingerprint density at radius 1 is 1.23 bits per heavy atom. The Labute approximate surface area is 161 Å². The molecule has 3 rings (SSSR count). The zero-order chi connectivity index (χ0) is 18.7. The van der Waals surface area contributed by atoms with E-state index in [2.05, 4.69) is 26.2 Å². The topological polar surface area (TPSA) is 79.4 Å². The van der Waals surface area contributed by atoms with E-state index in [0.717, 1.165) is 22.9 Å². The molecule has 1 fully saturated rings. The van der Waals surface area contributed by atoms with Crippen molar-refractivity contribution in [3.8, 4) is 0 Å². The second-order valence-electron chi connectivity index (χ2n) is 6.29. The first kappa shape index (κ1) is 19.0. The fourth-order valence-electron chi connectivity index (χ4n) is 3.01. The van der Waals surface area contributed by atoms with Gasteiger partial charge >= 0.3 is 0 Å². The largest absolute Gasteiger partial charge is 0.309 e. The highest BCUT2D eigenvalue weighted by Gasteiger charge is 2.37. The number of carbonyl (C=O) groups excluding carboxylic acids is 1. The molecule has 1 aliphatic heterocycles. The molecule has 1 amide bonds. The van der Waals surface area contributed by atoms with Crippen molar-refractivity contribution in [1.82, 2.24) is 9.29 Å². The Kier molecular flexibility index (Phi) is 5.74. The molecular weight excluding hydrogens is 418 g/mol. The smallest absolute Gasteiger partial charge is 0.243 e. The van der Waals surface area contributed by atoms with E-state index in [1.54, 1.807) is 36.5 Å². The zero-order valence-corrected chi connectivity index (χ0v) is 16.8. The van der Waals surface area contributed by atoms with Crippen LogP contribution in [0, 0.1) is 6.92 Å². The molecule has 1 saturated heterocycles. The van der Waals surface area contributed by atoms with E-state index in [4.69, 9.17) is 0 Å². The molecule has 1 aromatic heterocycles. The summed E-state index contributed by atoms with van der Waals surface area (Å²) in [5.74, 6) is 0.0880. The summed E-state index contributed by atoms with van der Waals surface area (Å²) in [6.45, 7) is 2.24. The lowest BCUT2D eigenvalue weighted by Crippen LogP contribution is -2.49. The van der Waals surface area contributed by atoms with Gasteiger partial charge < -0.3 is 5.32 Å². The molecule has 1 aliphatic rings. The standard InChI is InChI=1S/C18H20BrN3O3S/c1-13-9-10-20-17(12-13)21-18(23)16-4-2-3-11-22(16)26(24,25)15-7-5-14(19)6-8-15/h5-10,12,16H,2-4,11H2,1H3,(H,20,21,23). The van der Waals surface area contributed by atoms with E-state index in [9.17, 15) is 13.2 Å². The third kappa shape index (κ3) is 4.13. The predicted octanol–water partition coefficient (Wildman–Crippen LogP) is 3.33. The van der Waals surface area contributed by atoms with Gasteiger partial charge in [-0.1, -0.05) is 22.4 Å². The van der Waals surface area contributed by atoms with Gasteiger partial charge in [-0.25, -0.2) is 13.4 Å². The minimum Gasteiger partial charge on any atom is -0.309 e. The lowest BCUT2D eigenvalue weighted by atomic mass is 10.0. The van der Waals surface area contributed by atoms with Crippen molar-refractivity contribution in [3.63, 3.8) is 0 Å². The number of nitrogens with zero attached hydrogens (tertiary/aromatic N) is 2. The van der Waals surface area contributed by atoms with Crippen LogP contribution in [-0.2, 0) is 14.8 Å². The van der Waals surface area contributed by atoms with Crippen LogP contribution in [0.4, 0.5) is 5.82 Å². The van der Waals surface area contributed by atoms with Gasteiger partial charge in [0.1, 0.15) is 11.9 Å². The van der Waals surface area contributed by atoms with Gasteiger partial charge in [-0.05, 0) is 61.7 Å². The first-order chi connectivity index (χ1) is 12.4. The summed E-state index contributed by atoms with van der Waals surface area (Å²) in [6, 6.07) is 9.32. The molecule has 26 heavy (non-hydrogen) atoms. The molecule has 0 radical (unpaired) electrons. The molecule has 8 heteroatoms. The van der Waals surface area contributed by atoms with Crippen molar-refractivity contribution >= 4 is 37.7 Å². The predicted molar refractivity (Wildman–Crippen MR) is 103 cm³/mol. The fourth-order valence-corrected chi connectivity index (χ4v) is 4.93. The van der Waals surface area contributed by atoms with Crippen molar-refractivity contribution < 1.29 is 13.2 Å². The van der Waals surface area contributed by atoms with Crippen LogP contribution in [0.25, 0.3) is 0 Å². The van der Waals surface area contributed by atoms with E-state index >= 15 is 0 Å². The number of benzene rings is 1. The average Bonchev–Trinajstić information content (AvgIpc) is 2.62. The van der Waals surface area contributed by atoms with Crippen molar-refractivity contribution in [2.45, 2.75) is 37.1 Å². The quantitative estimate of drug-likeness (QED) is 0.794. The first-order valence-electron chi connectivity index (χ1n) is 8.39. The summed E-state index contributed by atoms with van der Waals surface area (Å²) in [5.41, 5.74) is 0.971. The van der Waals surface area contributed by atoms with Gasteiger partial charge in [-0.15, -0.1) is 0 Å². The fraction of sp³-hybridized carbons (Fsp3) is 0.333. The third-order valence-corrected chi connectivity index (χ3v) is 6.79. The number of halogens is 1. The molecule has 0 saturated carbocycles. The van der Waals surface area contributed by atoms with E-state index in [1.165, 1.54) is 4.31 Å². The van der Waals surface area contributed by atoms with E-state index < -0.39 is 16.1 Å². The maximum absolute atomic E-state index is 13.0. The van der Waals surface area contributed by atoms with Crippen molar-refractivity contribution in [2.24, 2.45) is 0 Å². The molecule has 2 heterocycles. The van der Waals surface area contributed by atoms with Crippen molar-refractivity contribution in [2.75, 3.05) is 11.9 Å². The van der Waals surface area contributed by atoms with Gasteiger partial charge in [0.05, 0.1) is 4.90 Å². The first-order valence-corrected chi connectivity index (χ1v) is 10.6. The summed E-state index contributed by atoms with van der Waals surface area (Å²) in [6.07, 6.45) is 3.66. The van der Waals surface area contributed by atoms with Crippen LogP contribution in [0.2, 0.25) is 0 Å². The molecule has 2 aromatic rings. The van der Waals surface area contributed by atoms with Gasteiger partial charge in [0.2, 0.25) is 15.9 Å². The molecule has 1 N–H and O–H groups in total. The Balaban J connectivity index is 1.85. The van der Waals surface area contributed by atoms with Gasteiger partial charge in [0.15, 0.2) is 0 Å². The number of sulfonamides is 1. The highest BCUT2D eigenvalue weighted by atomic mass is 79.9. The number of piperidine rings is 1. The minimum atomic E-state index is -3.74. The maximum Gasteiger partial charge on any atom is 0.243 e. The molecule has 138 valence electrons. The number of rotatable bonds is 4. The molecule has 0 spiro atoms. The van der Waals surface area contributed by atoms with Crippen molar-refractivity contribution in [3.05, 3.63) is 52.6 Å². The highest BCUT2D eigenvalue weighted by Crippen LogP contribution is 2.27. The molecule has 1 unspecified atom stereocenters. The maximum atomic E-state index is 13.0. The van der Waals surface area contributed by atoms with Gasteiger partial charge in [0, 0.05) is 17.2 Å². The summed E-state index contributed by atoms with van der Waals surface area (Å²) >= 11 is 3.31. The van der Waals surface area contributed by atoms with E-state index in [1.807, 2.05) is 13.0 Å². The number of aryl methyl sites for hydroxylation is 1. The molecule has 1 aromatic carbocycles. The second kappa shape index (κ2) is 7.85. The number of amides is 1. The number of hydrogen-bond acceptors (Lipinski definition) is 4. The van der Waals surface area contributed by atoms with Crippen molar-refractivity contribution in [1.29, 1.82) is 0 Å². The Hall–Kier alpha value is -1.77. The average molecular weight is 438 g/mol. The molecule has 0 aliphatic carbocycles. The van der Waals surface area contributed by atoms with Crippen LogP contribution in [0.1, 0.15) is 24.8 Å².